The first-order valence-corrected chi connectivity index (χ1v) is 8.68. The molecule has 0 atom stereocenters. The fourth-order valence-corrected chi connectivity index (χ4v) is 3.35. The van der Waals surface area contributed by atoms with E-state index in [0.29, 0.717) is 13.0 Å². The highest BCUT2D eigenvalue weighted by atomic mass is 32.2. The molecule has 1 aromatic carbocycles. The summed E-state index contributed by atoms with van der Waals surface area (Å²) in [6.07, 6.45) is 0.503. The summed E-state index contributed by atoms with van der Waals surface area (Å²) >= 11 is 2.03. The van der Waals surface area contributed by atoms with Crippen LogP contribution in [0.3, 0.4) is 0 Å². The number of aryl methyl sites for hydroxylation is 1. The molecule has 0 spiro atoms. The van der Waals surface area contributed by atoms with Crippen molar-refractivity contribution in [2.24, 2.45) is 0 Å². The van der Waals surface area contributed by atoms with Gasteiger partial charge in [0.1, 0.15) is 0 Å². The minimum absolute atomic E-state index is 0.0685. The molecule has 0 saturated carbocycles. The Morgan fingerprint density at radius 3 is 2.81 bits per heavy atom. The van der Waals surface area contributed by atoms with Gasteiger partial charge in [-0.25, -0.2) is 0 Å². The first-order valence-electron chi connectivity index (χ1n) is 7.53. The van der Waals surface area contributed by atoms with Crippen LogP contribution in [0.4, 0.5) is 5.69 Å². The number of nitrogens with zero attached hydrogens (tertiary/aromatic N) is 1. The van der Waals surface area contributed by atoms with Gasteiger partial charge in [-0.3, -0.25) is 9.69 Å². The second-order valence-corrected chi connectivity index (χ2v) is 6.66. The van der Waals surface area contributed by atoms with E-state index in [9.17, 15) is 4.79 Å². The van der Waals surface area contributed by atoms with Crippen LogP contribution in [0.2, 0.25) is 0 Å². The molecule has 0 unspecified atom stereocenters. The van der Waals surface area contributed by atoms with E-state index in [1.807, 2.05) is 25.7 Å². The second kappa shape index (κ2) is 8.41. The molecule has 0 radical (unpaired) electrons. The van der Waals surface area contributed by atoms with Gasteiger partial charge in [-0.15, -0.1) is 0 Å². The van der Waals surface area contributed by atoms with Crippen LogP contribution in [0, 0.1) is 6.92 Å². The van der Waals surface area contributed by atoms with Gasteiger partial charge in [-0.2, -0.15) is 11.8 Å². The molecule has 5 heteroatoms. The average molecular weight is 307 g/mol. The molecule has 4 nitrogen and oxygen atoms in total. The van der Waals surface area contributed by atoms with Crippen molar-refractivity contribution in [3.05, 3.63) is 29.3 Å². The van der Waals surface area contributed by atoms with Crippen molar-refractivity contribution in [2.75, 3.05) is 43.5 Å². The van der Waals surface area contributed by atoms with Crippen molar-refractivity contribution in [2.45, 2.75) is 19.9 Å². The van der Waals surface area contributed by atoms with Gasteiger partial charge < -0.3 is 10.6 Å². The molecule has 0 bridgehead atoms. The lowest BCUT2D eigenvalue weighted by atomic mass is 10.1. The smallest absolute Gasteiger partial charge is 0.225 e. The van der Waals surface area contributed by atoms with E-state index in [4.69, 9.17) is 0 Å². The van der Waals surface area contributed by atoms with E-state index in [0.717, 1.165) is 30.9 Å². The molecule has 2 N–H and O–H groups in total. The highest BCUT2D eigenvalue weighted by molar-refractivity contribution is 7.99. The normalized spacial score (nSPS) is 15.9. The molecule has 21 heavy (non-hydrogen) atoms. The maximum absolute atomic E-state index is 11.9. The second-order valence-electron chi connectivity index (χ2n) is 5.44. The van der Waals surface area contributed by atoms with Gasteiger partial charge in [0.25, 0.3) is 0 Å². The predicted molar refractivity (Wildman–Crippen MR) is 91.0 cm³/mol. The van der Waals surface area contributed by atoms with Gasteiger partial charge in [0.15, 0.2) is 0 Å². The van der Waals surface area contributed by atoms with Crippen molar-refractivity contribution >= 4 is 23.4 Å². The molecule has 1 aliphatic heterocycles. The number of thioether (sulfide) groups is 1. The van der Waals surface area contributed by atoms with Crippen molar-refractivity contribution in [3.63, 3.8) is 0 Å². The average Bonchev–Trinajstić information content (AvgIpc) is 2.49. The molecule has 116 valence electrons. The lowest BCUT2D eigenvalue weighted by molar-refractivity contribution is -0.116. The van der Waals surface area contributed by atoms with Gasteiger partial charge in [-0.05, 0) is 31.2 Å². The maximum atomic E-state index is 11.9. The lowest BCUT2D eigenvalue weighted by Gasteiger charge is -2.26. The lowest BCUT2D eigenvalue weighted by Crippen LogP contribution is -2.32. The molecule has 1 amide bonds. The number of carbonyl (C=O) groups excluding carboxylic acids is 1. The van der Waals surface area contributed by atoms with E-state index in [2.05, 4.69) is 33.7 Å². The van der Waals surface area contributed by atoms with E-state index in [1.54, 1.807) is 0 Å². The number of hydrogen-bond donors (Lipinski definition) is 2. The molecule has 0 aliphatic carbocycles. The minimum atomic E-state index is 0.0685. The Morgan fingerprint density at radius 1 is 1.33 bits per heavy atom. The first kappa shape index (κ1) is 16.3. The zero-order valence-electron chi connectivity index (χ0n) is 12.9. The fraction of sp³-hybridized carbons (Fsp3) is 0.562. The molecule has 1 fully saturated rings. The zero-order valence-corrected chi connectivity index (χ0v) is 13.8. The molecule has 2 rings (SSSR count). The summed E-state index contributed by atoms with van der Waals surface area (Å²) < 4.78 is 0. The van der Waals surface area contributed by atoms with Crippen LogP contribution in [0.15, 0.2) is 18.2 Å². The first-order chi connectivity index (χ1) is 10.2. The number of carbonyl (C=O) groups is 1. The SMILES string of the molecule is CNCCC(=O)Nc1cc(CN2CCSCC2)ccc1C. The van der Waals surface area contributed by atoms with Crippen LogP contribution in [-0.2, 0) is 11.3 Å². The summed E-state index contributed by atoms with van der Waals surface area (Å²) in [7, 11) is 1.86. The van der Waals surface area contributed by atoms with E-state index in [-0.39, 0.29) is 5.91 Å². The van der Waals surface area contributed by atoms with Crippen molar-refractivity contribution in [1.82, 2.24) is 10.2 Å². The third-order valence-corrected chi connectivity index (χ3v) is 4.63. The topological polar surface area (TPSA) is 44.4 Å². The Balaban J connectivity index is 1.97. The summed E-state index contributed by atoms with van der Waals surface area (Å²) in [6, 6.07) is 6.39. The summed E-state index contributed by atoms with van der Waals surface area (Å²) in [5.41, 5.74) is 3.34. The van der Waals surface area contributed by atoms with Gasteiger partial charge in [0, 0.05) is 49.8 Å². The highest BCUT2D eigenvalue weighted by Crippen LogP contribution is 2.19. The molecule has 1 heterocycles. The number of benzene rings is 1. The quantitative estimate of drug-likeness (QED) is 0.845. The van der Waals surface area contributed by atoms with Crippen LogP contribution >= 0.6 is 11.8 Å². The van der Waals surface area contributed by atoms with Gasteiger partial charge in [0.2, 0.25) is 5.91 Å². The van der Waals surface area contributed by atoms with Crippen LogP contribution < -0.4 is 10.6 Å². The van der Waals surface area contributed by atoms with E-state index >= 15 is 0 Å². The summed E-state index contributed by atoms with van der Waals surface area (Å²) in [5, 5.41) is 6.02. The number of rotatable bonds is 6. The number of amides is 1. The summed E-state index contributed by atoms with van der Waals surface area (Å²) in [4.78, 5) is 14.3. The van der Waals surface area contributed by atoms with Crippen LogP contribution in [-0.4, -0.2) is 49.0 Å². The number of nitrogens with one attached hydrogen (secondary N) is 2. The monoisotopic (exact) mass is 307 g/mol. The molecular weight excluding hydrogens is 282 g/mol. The number of hydrogen-bond acceptors (Lipinski definition) is 4. The van der Waals surface area contributed by atoms with Gasteiger partial charge >= 0.3 is 0 Å². The largest absolute Gasteiger partial charge is 0.326 e. The molecule has 0 aromatic heterocycles. The Bertz CT molecular complexity index is 473. The van der Waals surface area contributed by atoms with Crippen molar-refractivity contribution in [3.8, 4) is 0 Å². The zero-order chi connectivity index (χ0) is 15.1. The Labute approximate surface area is 131 Å². The number of anilines is 1. The predicted octanol–water partition coefficient (Wildman–Crippen LogP) is 2.09. The third kappa shape index (κ3) is 5.34. The molecular formula is C16H25N3OS. The van der Waals surface area contributed by atoms with E-state index < -0.39 is 0 Å². The molecule has 1 saturated heterocycles. The van der Waals surface area contributed by atoms with Gasteiger partial charge in [0.05, 0.1) is 0 Å². The maximum Gasteiger partial charge on any atom is 0.225 e. The van der Waals surface area contributed by atoms with Crippen LogP contribution in [0.25, 0.3) is 0 Å². The Hall–Kier alpha value is -1.04. The summed E-state index contributed by atoms with van der Waals surface area (Å²) in [6.45, 7) is 6.02. The third-order valence-electron chi connectivity index (χ3n) is 3.69. The standard InChI is InChI=1S/C16H25N3OS/c1-13-3-4-14(12-19-7-9-21-10-8-19)11-15(13)18-16(20)5-6-17-2/h3-4,11,17H,5-10,12H2,1-2H3,(H,18,20). The van der Waals surface area contributed by atoms with Gasteiger partial charge in [-0.1, -0.05) is 12.1 Å². The Kier molecular flexibility index (Phi) is 6.54. The van der Waals surface area contributed by atoms with Crippen LogP contribution in [0.1, 0.15) is 17.5 Å². The van der Waals surface area contributed by atoms with E-state index in [1.165, 1.54) is 17.1 Å². The molecule has 1 aromatic rings. The minimum Gasteiger partial charge on any atom is -0.326 e. The van der Waals surface area contributed by atoms with Crippen LogP contribution in [0.5, 0.6) is 0 Å². The summed E-state index contributed by atoms with van der Waals surface area (Å²) in [5.74, 6) is 2.51. The Morgan fingerprint density at radius 2 is 2.10 bits per heavy atom. The highest BCUT2D eigenvalue weighted by Gasteiger charge is 2.12. The fourth-order valence-electron chi connectivity index (χ4n) is 2.37. The molecule has 1 aliphatic rings. The van der Waals surface area contributed by atoms with Crippen molar-refractivity contribution < 1.29 is 4.79 Å². The van der Waals surface area contributed by atoms with Crippen molar-refractivity contribution in [1.29, 1.82) is 0 Å².